The summed E-state index contributed by atoms with van der Waals surface area (Å²) < 4.78 is 9.43. The number of anilines is 2. The maximum absolute atomic E-state index is 9.64. The van der Waals surface area contributed by atoms with Gasteiger partial charge in [-0.1, -0.05) is 6.07 Å². The van der Waals surface area contributed by atoms with Crippen LogP contribution in [0.5, 0.6) is 5.88 Å². The fourth-order valence-electron chi connectivity index (χ4n) is 2.66. The first-order chi connectivity index (χ1) is 11.1. The number of methoxy groups -OCH3 is 1. The number of hydrogen-bond donors (Lipinski definition) is 2. The summed E-state index contributed by atoms with van der Waals surface area (Å²) in [6.45, 7) is 0. The topological polar surface area (TPSA) is 83.4 Å². The Kier molecular flexibility index (Phi) is 4.63. The summed E-state index contributed by atoms with van der Waals surface area (Å²) in [5.41, 5.74) is 1.06. The number of aliphatic hydroxyl groups excluding tert-OH is 1. The van der Waals surface area contributed by atoms with Crippen molar-refractivity contribution in [2.45, 2.75) is 25.0 Å². The minimum Gasteiger partial charge on any atom is -0.481 e. The van der Waals surface area contributed by atoms with Crippen molar-refractivity contribution < 1.29 is 9.84 Å². The van der Waals surface area contributed by atoms with Crippen molar-refractivity contribution in [2.24, 2.45) is 5.92 Å². The number of rotatable bonds is 6. The lowest BCUT2D eigenvalue weighted by molar-refractivity contribution is 0.0339. The second kappa shape index (κ2) is 6.67. The molecular formula is C15H21N5O2S. The van der Waals surface area contributed by atoms with E-state index in [-0.39, 0.29) is 12.1 Å². The fourth-order valence-corrected chi connectivity index (χ4v) is 3.34. The van der Waals surface area contributed by atoms with Gasteiger partial charge in [-0.25, -0.2) is 4.98 Å². The highest BCUT2D eigenvalue weighted by atomic mass is 32.1. The largest absolute Gasteiger partial charge is 0.481 e. The maximum Gasteiger partial charge on any atom is 0.238 e. The second-order valence-electron chi connectivity index (χ2n) is 5.94. The standard InChI is InChI=1S/C15H21N5O2S/c1-20(2)14-18-15(23-19-14)17-13(10-6-11(21)7-10)9-4-5-12(22-3)16-8-9/h4-5,8,10-11,13,21H,6-7H2,1-3H3,(H,17,18,19). The van der Waals surface area contributed by atoms with Gasteiger partial charge in [0.15, 0.2) is 0 Å². The van der Waals surface area contributed by atoms with E-state index in [1.165, 1.54) is 11.5 Å². The molecule has 2 aromatic rings. The number of nitrogens with one attached hydrogen (secondary N) is 1. The summed E-state index contributed by atoms with van der Waals surface area (Å²) in [5.74, 6) is 1.64. The SMILES string of the molecule is COc1ccc(C(Nc2nc(N(C)C)ns2)C2CC(O)C2)cn1. The number of nitrogens with zero attached hydrogens (tertiary/aromatic N) is 4. The van der Waals surface area contributed by atoms with Crippen LogP contribution in [0, 0.1) is 5.92 Å². The van der Waals surface area contributed by atoms with Crippen molar-refractivity contribution in [3.8, 4) is 5.88 Å². The van der Waals surface area contributed by atoms with E-state index < -0.39 is 0 Å². The van der Waals surface area contributed by atoms with Gasteiger partial charge in [-0.3, -0.25) is 0 Å². The van der Waals surface area contributed by atoms with Crippen LogP contribution in [0.3, 0.4) is 0 Å². The van der Waals surface area contributed by atoms with Crippen molar-refractivity contribution in [3.05, 3.63) is 23.9 Å². The average molecular weight is 335 g/mol. The molecule has 2 heterocycles. The Morgan fingerprint density at radius 1 is 1.39 bits per heavy atom. The average Bonchev–Trinajstić information content (AvgIpc) is 2.99. The molecule has 0 saturated heterocycles. The lowest BCUT2D eigenvalue weighted by Crippen LogP contribution is -2.36. The molecule has 1 aliphatic carbocycles. The molecule has 3 rings (SSSR count). The van der Waals surface area contributed by atoms with Gasteiger partial charge in [-0.05, 0) is 24.3 Å². The summed E-state index contributed by atoms with van der Waals surface area (Å²) in [6, 6.07) is 3.91. The van der Waals surface area contributed by atoms with E-state index in [2.05, 4.69) is 19.7 Å². The third-order valence-corrected chi connectivity index (χ3v) is 4.68. The minimum absolute atomic E-state index is 0.0553. The van der Waals surface area contributed by atoms with Crippen LogP contribution in [0.15, 0.2) is 18.3 Å². The van der Waals surface area contributed by atoms with E-state index in [0.717, 1.165) is 23.5 Å². The molecule has 1 saturated carbocycles. The Morgan fingerprint density at radius 2 is 2.17 bits per heavy atom. The molecule has 8 heteroatoms. The molecule has 0 spiro atoms. The molecule has 2 N–H and O–H groups in total. The Hall–Kier alpha value is -1.93. The molecule has 0 radical (unpaired) electrons. The van der Waals surface area contributed by atoms with Gasteiger partial charge in [0.25, 0.3) is 0 Å². The zero-order chi connectivity index (χ0) is 16.4. The van der Waals surface area contributed by atoms with Gasteiger partial charge in [0.1, 0.15) is 0 Å². The van der Waals surface area contributed by atoms with E-state index in [1.807, 2.05) is 37.3 Å². The highest BCUT2D eigenvalue weighted by molar-refractivity contribution is 7.09. The van der Waals surface area contributed by atoms with E-state index in [0.29, 0.717) is 17.7 Å². The third kappa shape index (κ3) is 3.53. The molecule has 23 heavy (non-hydrogen) atoms. The number of aliphatic hydroxyl groups is 1. The fraction of sp³-hybridized carbons (Fsp3) is 0.533. The summed E-state index contributed by atoms with van der Waals surface area (Å²) in [5, 5.41) is 13.9. The van der Waals surface area contributed by atoms with Crippen molar-refractivity contribution in [1.82, 2.24) is 14.3 Å². The van der Waals surface area contributed by atoms with Gasteiger partial charge in [0, 0.05) is 37.9 Å². The molecule has 124 valence electrons. The van der Waals surface area contributed by atoms with Crippen LogP contribution in [-0.4, -0.2) is 46.8 Å². The Morgan fingerprint density at radius 3 is 2.70 bits per heavy atom. The summed E-state index contributed by atoms with van der Waals surface area (Å²) in [4.78, 5) is 10.6. The Bertz CT molecular complexity index is 640. The van der Waals surface area contributed by atoms with Crippen molar-refractivity contribution in [1.29, 1.82) is 0 Å². The first-order valence-electron chi connectivity index (χ1n) is 7.52. The zero-order valence-electron chi connectivity index (χ0n) is 13.4. The first-order valence-corrected chi connectivity index (χ1v) is 8.29. The smallest absolute Gasteiger partial charge is 0.238 e. The monoisotopic (exact) mass is 335 g/mol. The predicted octanol–water partition coefficient (Wildman–Crippen LogP) is 1.93. The van der Waals surface area contributed by atoms with Crippen LogP contribution in [-0.2, 0) is 0 Å². The van der Waals surface area contributed by atoms with Crippen LogP contribution >= 0.6 is 11.5 Å². The van der Waals surface area contributed by atoms with Crippen molar-refractivity contribution in [2.75, 3.05) is 31.4 Å². The number of ether oxygens (including phenoxy) is 1. The summed E-state index contributed by atoms with van der Waals surface area (Å²) in [6.07, 6.45) is 3.17. The quantitative estimate of drug-likeness (QED) is 0.834. The predicted molar refractivity (Wildman–Crippen MR) is 90.1 cm³/mol. The molecule has 1 atom stereocenters. The number of pyridine rings is 1. The summed E-state index contributed by atoms with van der Waals surface area (Å²) >= 11 is 1.34. The number of hydrogen-bond acceptors (Lipinski definition) is 8. The highest BCUT2D eigenvalue weighted by Crippen LogP contribution is 2.40. The minimum atomic E-state index is -0.206. The Labute approximate surface area is 139 Å². The summed E-state index contributed by atoms with van der Waals surface area (Å²) in [7, 11) is 5.43. The highest BCUT2D eigenvalue weighted by Gasteiger charge is 2.35. The van der Waals surface area contributed by atoms with Crippen LogP contribution in [0.1, 0.15) is 24.4 Å². The van der Waals surface area contributed by atoms with Gasteiger partial charge in [-0.15, -0.1) is 0 Å². The van der Waals surface area contributed by atoms with E-state index in [1.54, 1.807) is 7.11 Å². The first kappa shape index (κ1) is 15.9. The molecule has 0 amide bonds. The van der Waals surface area contributed by atoms with Gasteiger partial charge in [0.05, 0.1) is 19.3 Å². The zero-order valence-corrected chi connectivity index (χ0v) is 14.2. The lowest BCUT2D eigenvalue weighted by atomic mass is 9.75. The van der Waals surface area contributed by atoms with E-state index in [4.69, 9.17) is 4.74 Å². The molecule has 0 bridgehead atoms. The normalized spacial score (nSPS) is 21.4. The van der Waals surface area contributed by atoms with Crippen LogP contribution < -0.4 is 15.0 Å². The third-order valence-electron chi connectivity index (χ3n) is 4.04. The molecule has 2 aromatic heterocycles. The molecule has 0 aromatic carbocycles. The molecule has 1 aliphatic rings. The molecular weight excluding hydrogens is 314 g/mol. The van der Waals surface area contributed by atoms with E-state index in [9.17, 15) is 5.11 Å². The van der Waals surface area contributed by atoms with Crippen LogP contribution in [0.25, 0.3) is 0 Å². The molecule has 1 fully saturated rings. The van der Waals surface area contributed by atoms with Crippen molar-refractivity contribution in [3.63, 3.8) is 0 Å². The van der Waals surface area contributed by atoms with Crippen LogP contribution in [0.4, 0.5) is 11.1 Å². The molecule has 0 aliphatic heterocycles. The lowest BCUT2D eigenvalue weighted by Gasteiger charge is -2.38. The molecule has 1 unspecified atom stereocenters. The van der Waals surface area contributed by atoms with Gasteiger partial charge >= 0.3 is 0 Å². The number of aromatic nitrogens is 3. The van der Waals surface area contributed by atoms with Crippen molar-refractivity contribution >= 4 is 22.6 Å². The van der Waals surface area contributed by atoms with Gasteiger partial charge in [0.2, 0.25) is 17.0 Å². The second-order valence-corrected chi connectivity index (χ2v) is 6.69. The maximum atomic E-state index is 9.64. The van der Waals surface area contributed by atoms with Gasteiger partial charge < -0.3 is 20.1 Å². The Balaban J connectivity index is 1.79. The molecule has 7 nitrogen and oxygen atoms in total. The van der Waals surface area contributed by atoms with Crippen LogP contribution in [0.2, 0.25) is 0 Å². The van der Waals surface area contributed by atoms with Gasteiger partial charge in [-0.2, -0.15) is 9.36 Å². The van der Waals surface area contributed by atoms with E-state index >= 15 is 0 Å².